The molecular weight excluding hydrogens is 260 g/mol. The summed E-state index contributed by atoms with van der Waals surface area (Å²) >= 11 is 5.35. The van der Waals surface area contributed by atoms with E-state index >= 15 is 0 Å². The van der Waals surface area contributed by atoms with Gasteiger partial charge in [0.05, 0.1) is 38.2 Å². The Kier molecular flexibility index (Phi) is 3.77. The first-order valence-electron chi connectivity index (χ1n) is 6.37. The van der Waals surface area contributed by atoms with E-state index < -0.39 is 0 Å². The molecule has 1 aromatic carbocycles. The Morgan fingerprint density at radius 3 is 2.84 bits per heavy atom. The van der Waals surface area contributed by atoms with Crippen LogP contribution in [0.2, 0.25) is 0 Å². The third-order valence-electron chi connectivity index (χ3n) is 3.21. The lowest BCUT2D eigenvalue weighted by molar-refractivity contribution is -0.0935. The number of hydrogen-bond acceptors (Lipinski definition) is 3. The van der Waals surface area contributed by atoms with Gasteiger partial charge >= 0.3 is 0 Å². The van der Waals surface area contributed by atoms with E-state index in [9.17, 15) is 0 Å². The Hall–Kier alpha value is -1.43. The smallest absolute Gasteiger partial charge is 0.177 e. The molecule has 1 unspecified atom stereocenters. The Balaban J connectivity index is 1.88. The third kappa shape index (κ3) is 2.78. The van der Waals surface area contributed by atoms with Gasteiger partial charge in [0.15, 0.2) is 4.77 Å². The highest BCUT2D eigenvalue weighted by Gasteiger charge is 2.17. The molecule has 1 saturated heterocycles. The monoisotopic (exact) mass is 276 g/mol. The van der Waals surface area contributed by atoms with Crippen LogP contribution in [0.25, 0.3) is 11.3 Å². The van der Waals surface area contributed by atoms with E-state index in [1.807, 2.05) is 24.4 Å². The molecule has 0 radical (unpaired) electrons. The molecule has 2 aromatic rings. The highest BCUT2D eigenvalue weighted by atomic mass is 32.1. The van der Waals surface area contributed by atoms with Crippen molar-refractivity contribution in [3.05, 3.63) is 41.3 Å². The van der Waals surface area contributed by atoms with E-state index in [2.05, 4.69) is 21.7 Å². The Morgan fingerprint density at radius 2 is 2.11 bits per heavy atom. The lowest BCUT2D eigenvalue weighted by Crippen LogP contribution is -2.32. The molecule has 19 heavy (non-hydrogen) atoms. The summed E-state index contributed by atoms with van der Waals surface area (Å²) in [6.07, 6.45) is 2.01. The Labute approximate surface area is 117 Å². The maximum Gasteiger partial charge on any atom is 0.177 e. The molecule has 100 valence electrons. The van der Waals surface area contributed by atoms with Gasteiger partial charge in [-0.05, 0) is 17.8 Å². The predicted molar refractivity (Wildman–Crippen MR) is 75.6 cm³/mol. The van der Waals surface area contributed by atoms with E-state index in [1.165, 1.54) is 0 Å². The van der Waals surface area contributed by atoms with Crippen molar-refractivity contribution in [3.63, 3.8) is 0 Å². The number of benzene rings is 1. The second-order valence-corrected chi connectivity index (χ2v) is 4.91. The largest absolute Gasteiger partial charge is 0.376 e. The fourth-order valence-corrected chi connectivity index (χ4v) is 2.50. The standard InChI is InChI=1S/C14H16N2O2S/c19-14-15-8-13(11-4-2-1-3-5-11)16(14)9-12-10-17-6-7-18-12/h1-5,8,12H,6-7,9-10H2,(H,15,19). The molecule has 0 bridgehead atoms. The molecular formula is C14H16N2O2S. The molecule has 0 saturated carbocycles. The van der Waals surface area contributed by atoms with Gasteiger partial charge in [0.1, 0.15) is 0 Å². The van der Waals surface area contributed by atoms with Crippen LogP contribution < -0.4 is 0 Å². The van der Waals surface area contributed by atoms with Crippen LogP contribution in [0.1, 0.15) is 0 Å². The molecule has 3 rings (SSSR count). The third-order valence-corrected chi connectivity index (χ3v) is 3.55. The SMILES string of the molecule is S=c1[nH]cc(-c2ccccc2)n1CC1COCCO1. The van der Waals surface area contributed by atoms with Crippen LogP contribution in [0, 0.1) is 4.77 Å². The molecule has 2 heterocycles. The molecule has 1 fully saturated rings. The van der Waals surface area contributed by atoms with Crippen molar-refractivity contribution < 1.29 is 9.47 Å². The molecule has 0 amide bonds. The van der Waals surface area contributed by atoms with Crippen molar-refractivity contribution in [3.8, 4) is 11.3 Å². The average Bonchev–Trinajstić information content (AvgIpc) is 2.82. The Bertz CT molecular complexity index is 585. The number of aromatic nitrogens is 2. The van der Waals surface area contributed by atoms with E-state index in [0.717, 1.165) is 11.3 Å². The van der Waals surface area contributed by atoms with Crippen molar-refractivity contribution in [1.82, 2.24) is 9.55 Å². The van der Waals surface area contributed by atoms with Gasteiger partial charge in [0.25, 0.3) is 0 Å². The lowest BCUT2D eigenvalue weighted by Gasteiger charge is -2.24. The zero-order chi connectivity index (χ0) is 13.1. The van der Waals surface area contributed by atoms with Crippen LogP contribution in [0.3, 0.4) is 0 Å². The highest BCUT2D eigenvalue weighted by molar-refractivity contribution is 7.71. The fraction of sp³-hybridized carbons (Fsp3) is 0.357. The Morgan fingerprint density at radius 1 is 1.26 bits per heavy atom. The molecule has 1 N–H and O–H groups in total. The summed E-state index contributed by atoms with van der Waals surface area (Å²) in [5.41, 5.74) is 2.23. The number of aromatic amines is 1. The normalized spacial score (nSPS) is 19.5. The van der Waals surface area contributed by atoms with E-state index in [1.54, 1.807) is 0 Å². The minimum absolute atomic E-state index is 0.0683. The summed E-state index contributed by atoms with van der Waals surface area (Å²) < 4.78 is 13.9. The molecule has 0 aliphatic carbocycles. The minimum Gasteiger partial charge on any atom is -0.376 e. The van der Waals surface area contributed by atoms with Crippen LogP contribution in [-0.4, -0.2) is 35.5 Å². The first-order chi connectivity index (χ1) is 9.34. The highest BCUT2D eigenvalue weighted by Crippen LogP contribution is 2.20. The van der Waals surface area contributed by atoms with Crippen LogP contribution in [0.4, 0.5) is 0 Å². The van der Waals surface area contributed by atoms with Gasteiger partial charge in [-0.25, -0.2) is 0 Å². The minimum atomic E-state index is 0.0683. The van der Waals surface area contributed by atoms with Crippen molar-refractivity contribution in [1.29, 1.82) is 0 Å². The topological polar surface area (TPSA) is 39.2 Å². The maximum absolute atomic E-state index is 5.69. The summed E-state index contributed by atoms with van der Waals surface area (Å²) in [6, 6.07) is 10.2. The van der Waals surface area contributed by atoms with Gasteiger partial charge in [-0.3, -0.25) is 0 Å². The van der Waals surface area contributed by atoms with Gasteiger partial charge in [-0.2, -0.15) is 0 Å². The number of nitrogens with one attached hydrogen (secondary N) is 1. The molecule has 0 spiro atoms. The molecule has 4 nitrogen and oxygen atoms in total. The average molecular weight is 276 g/mol. The van der Waals surface area contributed by atoms with E-state index in [4.69, 9.17) is 21.7 Å². The number of imidazole rings is 1. The lowest BCUT2D eigenvalue weighted by atomic mass is 10.1. The summed E-state index contributed by atoms with van der Waals surface area (Å²) in [6.45, 7) is 2.68. The van der Waals surface area contributed by atoms with E-state index in [-0.39, 0.29) is 6.10 Å². The molecule has 1 aliphatic rings. The van der Waals surface area contributed by atoms with Crippen molar-refractivity contribution in [2.75, 3.05) is 19.8 Å². The summed E-state index contributed by atoms with van der Waals surface area (Å²) in [5, 5.41) is 0. The first-order valence-corrected chi connectivity index (χ1v) is 6.78. The second kappa shape index (κ2) is 5.69. The summed E-state index contributed by atoms with van der Waals surface area (Å²) in [5.74, 6) is 0. The maximum atomic E-state index is 5.69. The molecule has 5 heteroatoms. The number of nitrogens with zero attached hydrogens (tertiary/aromatic N) is 1. The number of hydrogen-bond donors (Lipinski definition) is 1. The number of H-pyrrole nitrogens is 1. The van der Waals surface area contributed by atoms with Crippen LogP contribution in [0.15, 0.2) is 36.5 Å². The van der Waals surface area contributed by atoms with E-state index in [0.29, 0.717) is 31.1 Å². The second-order valence-electron chi connectivity index (χ2n) is 4.52. The quantitative estimate of drug-likeness (QED) is 0.876. The van der Waals surface area contributed by atoms with Crippen molar-refractivity contribution in [2.45, 2.75) is 12.6 Å². The van der Waals surface area contributed by atoms with Crippen LogP contribution in [-0.2, 0) is 16.0 Å². The zero-order valence-corrected chi connectivity index (χ0v) is 11.4. The van der Waals surface area contributed by atoms with Crippen LogP contribution >= 0.6 is 12.2 Å². The van der Waals surface area contributed by atoms with Gasteiger partial charge < -0.3 is 19.0 Å². The van der Waals surface area contributed by atoms with Gasteiger partial charge in [0, 0.05) is 6.20 Å². The van der Waals surface area contributed by atoms with Gasteiger partial charge in [-0.15, -0.1) is 0 Å². The predicted octanol–water partition coefficient (Wildman–Crippen LogP) is 2.63. The molecule has 1 aromatic heterocycles. The van der Waals surface area contributed by atoms with Gasteiger partial charge in [-0.1, -0.05) is 30.3 Å². The zero-order valence-electron chi connectivity index (χ0n) is 10.5. The van der Waals surface area contributed by atoms with Crippen LogP contribution in [0.5, 0.6) is 0 Å². The molecule has 1 atom stereocenters. The molecule has 1 aliphatic heterocycles. The summed E-state index contributed by atoms with van der Waals surface area (Å²) in [7, 11) is 0. The summed E-state index contributed by atoms with van der Waals surface area (Å²) in [4.78, 5) is 3.11. The number of ether oxygens (including phenoxy) is 2. The first kappa shape index (κ1) is 12.6. The fourth-order valence-electron chi connectivity index (χ4n) is 2.27. The number of rotatable bonds is 3. The van der Waals surface area contributed by atoms with Crippen molar-refractivity contribution in [2.24, 2.45) is 0 Å². The van der Waals surface area contributed by atoms with Crippen molar-refractivity contribution >= 4 is 12.2 Å². The van der Waals surface area contributed by atoms with Gasteiger partial charge in [0.2, 0.25) is 0 Å².